The third-order valence-corrected chi connectivity index (χ3v) is 5.81. The number of hydrogen-bond acceptors (Lipinski definition) is 7. The van der Waals surface area contributed by atoms with Crippen molar-refractivity contribution in [2.45, 2.75) is 37.9 Å². The number of nitrogens with one attached hydrogen (secondary N) is 1. The molecule has 1 aromatic carbocycles. The summed E-state index contributed by atoms with van der Waals surface area (Å²) in [6.45, 7) is 4.11. The monoisotopic (exact) mass is 430 g/mol. The maximum absolute atomic E-state index is 9.88. The molecule has 5 rings (SSSR count). The van der Waals surface area contributed by atoms with E-state index < -0.39 is 6.10 Å². The zero-order chi connectivity index (χ0) is 20.7. The van der Waals surface area contributed by atoms with Gasteiger partial charge in [0.2, 0.25) is 0 Å². The summed E-state index contributed by atoms with van der Waals surface area (Å²) in [6, 6.07) is 12.3. The summed E-state index contributed by atoms with van der Waals surface area (Å²) < 4.78 is 17.2. The maximum atomic E-state index is 9.88. The van der Waals surface area contributed by atoms with Gasteiger partial charge < -0.3 is 29.2 Å². The Morgan fingerprint density at radius 2 is 2.00 bits per heavy atom. The molecular weight excluding hydrogens is 408 g/mol. The molecule has 4 heterocycles. The third kappa shape index (κ3) is 3.60. The fraction of sp³-hybridized carbons (Fsp3) is 0.429. The van der Waals surface area contributed by atoms with Crippen LogP contribution >= 0.6 is 11.6 Å². The number of pyridine rings is 1. The number of hydrogen-bond donors (Lipinski definition) is 2. The van der Waals surface area contributed by atoms with E-state index in [9.17, 15) is 5.11 Å². The minimum absolute atomic E-state index is 0.254. The second-order valence-corrected chi connectivity index (χ2v) is 7.93. The SMILES string of the molecule is CCN(Cc1ccccc1)c1nc2nc(O[C@@H]3CO[C@H]4[C@@H]3OC[C@H]4O)[nH]c2cc1Cl. The zero-order valence-electron chi connectivity index (χ0n) is 16.5. The van der Waals surface area contributed by atoms with Crippen molar-refractivity contribution in [1.29, 1.82) is 0 Å². The highest BCUT2D eigenvalue weighted by atomic mass is 35.5. The zero-order valence-corrected chi connectivity index (χ0v) is 17.2. The van der Waals surface area contributed by atoms with Crippen LogP contribution in [-0.2, 0) is 16.0 Å². The number of H-pyrrole nitrogens is 1. The number of ether oxygens (including phenoxy) is 3. The van der Waals surface area contributed by atoms with Crippen LogP contribution in [0.2, 0.25) is 5.02 Å². The number of aromatic nitrogens is 3. The summed E-state index contributed by atoms with van der Waals surface area (Å²) in [7, 11) is 0. The molecule has 0 bridgehead atoms. The summed E-state index contributed by atoms with van der Waals surface area (Å²) in [5.41, 5.74) is 2.40. The molecule has 0 radical (unpaired) electrons. The van der Waals surface area contributed by atoms with Crippen LogP contribution in [0, 0.1) is 0 Å². The standard InChI is InChI=1S/C21H23ClN4O4/c1-2-26(9-12-6-4-3-5-7-12)20-13(22)8-14-19(24-20)25-21(23-14)30-16-11-29-17-15(27)10-28-18(16)17/h3-8,15-18,27H,2,9-11H2,1H3,(H,23,24,25)/t15-,16-,17-,18-/m1/s1. The molecule has 0 amide bonds. The molecule has 9 heteroatoms. The predicted octanol–water partition coefficient (Wildman–Crippen LogP) is 2.54. The average molecular weight is 431 g/mol. The van der Waals surface area contributed by atoms with Crippen LogP contribution in [-0.4, -0.2) is 64.2 Å². The van der Waals surface area contributed by atoms with Crippen LogP contribution in [0.5, 0.6) is 6.01 Å². The molecule has 158 valence electrons. The van der Waals surface area contributed by atoms with Crippen molar-refractivity contribution in [3.05, 3.63) is 47.0 Å². The van der Waals surface area contributed by atoms with Crippen molar-refractivity contribution in [2.24, 2.45) is 0 Å². The Labute approximate surface area is 178 Å². The number of halogens is 1. The summed E-state index contributed by atoms with van der Waals surface area (Å²) >= 11 is 6.55. The number of aliphatic hydroxyl groups excluding tert-OH is 1. The van der Waals surface area contributed by atoms with E-state index in [-0.39, 0.29) is 24.9 Å². The smallest absolute Gasteiger partial charge is 0.296 e. The Morgan fingerprint density at radius 3 is 2.80 bits per heavy atom. The van der Waals surface area contributed by atoms with Gasteiger partial charge in [0.15, 0.2) is 11.8 Å². The Balaban J connectivity index is 1.37. The Hall–Kier alpha value is -2.39. The van der Waals surface area contributed by atoms with E-state index in [0.717, 1.165) is 6.54 Å². The van der Waals surface area contributed by atoms with E-state index in [4.69, 9.17) is 25.8 Å². The van der Waals surface area contributed by atoms with Crippen LogP contribution in [0.15, 0.2) is 36.4 Å². The van der Waals surface area contributed by atoms with Gasteiger partial charge in [-0.1, -0.05) is 41.9 Å². The summed E-state index contributed by atoms with van der Waals surface area (Å²) in [4.78, 5) is 14.4. The first-order chi connectivity index (χ1) is 14.6. The molecule has 8 nitrogen and oxygen atoms in total. The number of aliphatic hydroxyl groups is 1. The number of rotatable bonds is 6. The van der Waals surface area contributed by atoms with Crippen LogP contribution < -0.4 is 9.64 Å². The topological polar surface area (TPSA) is 92.7 Å². The van der Waals surface area contributed by atoms with Gasteiger partial charge in [0.25, 0.3) is 6.01 Å². The van der Waals surface area contributed by atoms with Gasteiger partial charge in [0, 0.05) is 13.1 Å². The molecule has 2 saturated heterocycles. The normalized spacial score (nSPS) is 25.6. The van der Waals surface area contributed by atoms with E-state index in [2.05, 4.69) is 38.9 Å². The van der Waals surface area contributed by atoms with Crippen LogP contribution in [0.4, 0.5) is 5.82 Å². The van der Waals surface area contributed by atoms with Gasteiger partial charge in [-0.3, -0.25) is 0 Å². The Bertz CT molecular complexity index is 1030. The van der Waals surface area contributed by atoms with E-state index in [1.807, 2.05) is 24.3 Å². The van der Waals surface area contributed by atoms with Gasteiger partial charge >= 0.3 is 0 Å². The summed E-state index contributed by atoms with van der Waals surface area (Å²) in [5, 5.41) is 10.4. The highest BCUT2D eigenvalue weighted by Gasteiger charge is 2.48. The molecule has 3 aromatic rings. The van der Waals surface area contributed by atoms with Gasteiger partial charge in [-0.15, -0.1) is 0 Å². The highest BCUT2D eigenvalue weighted by Crippen LogP contribution is 2.32. The van der Waals surface area contributed by atoms with Crippen molar-refractivity contribution in [1.82, 2.24) is 15.0 Å². The first-order valence-electron chi connectivity index (χ1n) is 10.1. The fourth-order valence-corrected chi connectivity index (χ4v) is 4.26. The van der Waals surface area contributed by atoms with Crippen molar-refractivity contribution in [3.8, 4) is 6.01 Å². The van der Waals surface area contributed by atoms with E-state index >= 15 is 0 Å². The molecule has 2 aliphatic rings. The molecule has 2 aliphatic heterocycles. The summed E-state index contributed by atoms with van der Waals surface area (Å²) in [5.74, 6) is 0.681. The van der Waals surface area contributed by atoms with Gasteiger partial charge in [-0.25, -0.2) is 4.98 Å². The second kappa shape index (κ2) is 8.03. The molecule has 30 heavy (non-hydrogen) atoms. The van der Waals surface area contributed by atoms with E-state index in [1.165, 1.54) is 5.56 Å². The number of fused-ring (bicyclic) bond motifs is 2. The maximum Gasteiger partial charge on any atom is 0.296 e. The first kappa shape index (κ1) is 19.6. The minimum atomic E-state index is -0.619. The molecule has 0 saturated carbocycles. The quantitative estimate of drug-likeness (QED) is 0.620. The molecule has 4 atom stereocenters. The number of nitrogens with zero attached hydrogens (tertiary/aromatic N) is 3. The number of imidazole rings is 1. The largest absolute Gasteiger partial charge is 0.456 e. The average Bonchev–Trinajstić information content (AvgIpc) is 3.43. The minimum Gasteiger partial charge on any atom is -0.456 e. The summed E-state index contributed by atoms with van der Waals surface area (Å²) in [6.07, 6.45) is -1.61. The lowest BCUT2D eigenvalue weighted by atomic mass is 10.1. The van der Waals surface area contributed by atoms with E-state index in [0.29, 0.717) is 41.2 Å². The molecule has 2 N–H and O–H groups in total. The molecule has 2 fully saturated rings. The lowest BCUT2D eigenvalue weighted by molar-refractivity contribution is 0.00706. The Kier molecular flexibility index (Phi) is 5.24. The second-order valence-electron chi connectivity index (χ2n) is 7.53. The van der Waals surface area contributed by atoms with Crippen LogP contribution in [0.25, 0.3) is 11.2 Å². The molecule has 0 spiro atoms. The lowest BCUT2D eigenvalue weighted by Gasteiger charge is -2.23. The van der Waals surface area contributed by atoms with Crippen LogP contribution in [0.1, 0.15) is 12.5 Å². The van der Waals surface area contributed by atoms with Crippen molar-refractivity contribution in [3.63, 3.8) is 0 Å². The molecule has 0 unspecified atom stereocenters. The lowest BCUT2D eigenvalue weighted by Crippen LogP contribution is -2.34. The highest BCUT2D eigenvalue weighted by molar-refractivity contribution is 6.33. The number of benzene rings is 1. The fourth-order valence-electron chi connectivity index (χ4n) is 3.99. The van der Waals surface area contributed by atoms with Crippen molar-refractivity contribution in [2.75, 3.05) is 24.7 Å². The van der Waals surface area contributed by atoms with Crippen molar-refractivity contribution >= 4 is 28.6 Å². The van der Waals surface area contributed by atoms with Crippen LogP contribution in [0.3, 0.4) is 0 Å². The number of anilines is 1. The van der Waals surface area contributed by atoms with Gasteiger partial charge in [-0.05, 0) is 18.6 Å². The van der Waals surface area contributed by atoms with Gasteiger partial charge in [0.1, 0.15) is 24.1 Å². The van der Waals surface area contributed by atoms with E-state index in [1.54, 1.807) is 0 Å². The van der Waals surface area contributed by atoms with Gasteiger partial charge in [-0.2, -0.15) is 4.98 Å². The number of aromatic amines is 1. The predicted molar refractivity (Wildman–Crippen MR) is 112 cm³/mol. The molecule has 0 aliphatic carbocycles. The van der Waals surface area contributed by atoms with Crippen molar-refractivity contribution < 1.29 is 19.3 Å². The van der Waals surface area contributed by atoms with Gasteiger partial charge in [0.05, 0.1) is 23.8 Å². The third-order valence-electron chi connectivity index (χ3n) is 5.53. The molecular formula is C21H23ClN4O4. The Morgan fingerprint density at radius 1 is 1.20 bits per heavy atom. The first-order valence-corrected chi connectivity index (χ1v) is 10.4. The molecule has 2 aromatic heterocycles.